The van der Waals surface area contributed by atoms with Gasteiger partial charge in [-0.25, -0.2) is 0 Å². The van der Waals surface area contributed by atoms with Gasteiger partial charge in [-0.05, 0) is 44.9 Å². The molecule has 2 unspecified atom stereocenters. The fraction of sp³-hybridized carbons (Fsp3) is 0.611. The van der Waals surface area contributed by atoms with E-state index in [9.17, 15) is 4.79 Å². The van der Waals surface area contributed by atoms with Crippen molar-refractivity contribution in [2.45, 2.75) is 51.2 Å². The summed E-state index contributed by atoms with van der Waals surface area (Å²) in [4.78, 5) is 17.5. The summed E-state index contributed by atoms with van der Waals surface area (Å²) in [5, 5.41) is 0. The number of amides is 1. The zero-order chi connectivity index (χ0) is 16.2. The van der Waals surface area contributed by atoms with Crippen molar-refractivity contribution in [2.75, 3.05) is 19.9 Å². The zero-order valence-corrected chi connectivity index (χ0v) is 14.0. The van der Waals surface area contributed by atoms with Gasteiger partial charge in [0.15, 0.2) is 11.5 Å². The average Bonchev–Trinajstić information content (AvgIpc) is 3.02. The summed E-state index contributed by atoms with van der Waals surface area (Å²) in [6.45, 7) is 9.02. The monoisotopic (exact) mass is 316 g/mol. The number of piperazine rings is 1. The molecule has 2 bridgehead atoms. The van der Waals surface area contributed by atoms with Crippen LogP contribution in [0.1, 0.15) is 44.0 Å². The second-order valence-electron chi connectivity index (χ2n) is 7.39. The minimum atomic E-state index is 0.124. The van der Waals surface area contributed by atoms with E-state index in [2.05, 4.69) is 30.6 Å². The van der Waals surface area contributed by atoms with Crippen LogP contribution >= 0.6 is 0 Å². The van der Waals surface area contributed by atoms with Crippen LogP contribution in [0.2, 0.25) is 0 Å². The Labute approximate surface area is 137 Å². The molecule has 0 radical (unpaired) electrons. The third-order valence-corrected chi connectivity index (χ3v) is 5.77. The molecule has 23 heavy (non-hydrogen) atoms. The summed E-state index contributed by atoms with van der Waals surface area (Å²) in [5.41, 5.74) is 0.914. The van der Waals surface area contributed by atoms with Gasteiger partial charge in [0.05, 0.1) is 0 Å². The number of carbonyl (C=O) groups is 1. The number of piperidine rings is 1. The molecule has 1 aromatic rings. The van der Waals surface area contributed by atoms with E-state index in [1.807, 2.05) is 18.2 Å². The zero-order valence-electron chi connectivity index (χ0n) is 14.0. The van der Waals surface area contributed by atoms with Gasteiger partial charge < -0.3 is 14.4 Å². The molecule has 124 valence electrons. The molecule has 4 heterocycles. The molecule has 3 fully saturated rings. The topological polar surface area (TPSA) is 42.0 Å². The molecular formula is C18H24N2O3. The van der Waals surface area contributed by atoms with Crippen LogP contribution in [0, 0.1) is 0 Å². The van der Waals surface area contributed by atoms with E-state index in [1.165, 1.54) is 0 Å². The maximum Gasteiger partial charge on any atom is 0.254 e. The van der Waals surface area contributed by atoms with E-state index < -0.39 is 0 Å². The minimum Gasteiger partial charge on any atom is -0.454 e. The number of carbonyl (C=O) groups excluding carboxylic acids is 1. The number of rotatable bonds is 3. The number of benzene rings is 1. The van der Waals surface area contributed by atoms with E-state index in [-0.39, 0.29) is 18.2 Å². The molecule has 1 amide bonds. The highest BCUT2D eigenvalue weighted by atomic mass is 16.7. The highest BCUT2D eigenvalue weighted by Crippen LogP contribution is 2.39. The van der Waals surface area contributed by atoms with Crippen molar-refractivity contribution in [1.29, 1.82) is 0 Å². The van der Waals surface area contributed by atoms with Crippen LogP contribution in [0.4, 0.5) is 0 Å². The Bertz CT molecular complexity index is 631. The summed E-state index contributed by atoms with van der Waals surface area (Å²) in [6, 6.07) is 6.18. The maximum absolute atomic E-state index is 12.9. The lowest BCUT2D eigenvalue weighted by atomic mass is 9.83. The van der Waals surface area contributed by atoms with E-state index in [1.54, 1.807) is 0 Å². The molecule has 4 aliphatic heterocycles. The molecule has 0 N–H and O–H groups in total. The molecule has 2 atom stereocenters. The second-order valence-corrected chi connectivity index (χ2v) is 7.39. The number of nitrogens with zero attached hydrogens (tertiary/aromatic N) is 2. The lowest BCUT2D eigenvalue weighted by Crippen LogP contribution is -2.72. The molecule has 5 rings (SSSR count). The van der Waals surface area contributed by atoms with Crippen LogP contribution in [0.3, 0.4) is 0 Å². The van der Waals surface area contributed by atoms with Gasteiger partial charge >= 0.3 is 0 Å². The summed E-state index contributed by atoms with van der Waals surface area (Å²) < 4.78 is 10.7. The third kappa shape index (κ3) is 2.29. The molecule has 0 aliphatic carbocycles. The molecule has 5 heteroatoms. The molecule has 1 aromatic carbocycles. The maximum atomic E-state index is 12.9. The van der Waals surface area contributed by atoms with Crippen molar-refractivity contribution in [3.05, 3.63) is 23.8 Å². The van der Waals surface area contributed by atoms with Gasteiger partial charge in [0, 0.05) is 36.3 Å². The predicted octanol–water partition coefficient (Wildman–Crippen LogP) is 2.50. The molecular weight excluding hydrogens is 292 g/mol. The van der Waals surface area contributed by atoms with Gasteiger partial charge in [0.1, 0.15) is 0 Å². The molecule has 5 nitrogen and oxygen atoms in total. The fourth-order valence-corrected chi connectivity index (χ4v) is 3.84. The smallest absolute Gasteiger partial charge is 0.254 e. The van der Waals surface area contributed by atoms with Gasteiger partial charge in [-0.3, -0.25) is 9.69 Å². The van der Waals surface area contributed by atoms with Gasteiger partial charge in [-0.2, -0.15) is 0 Å². The lowest BCUT2D eigenvalue weighted by Gasteiger charge is -2.59. The van der Waals surface area contributed by atoms with Crippen LogP contribution in [0.15, 0.2) is 18.2 Å². The Morgan fingerprint density at radius 2 is 1.91 bits per heavy atom. The van der Waals surface area contributed by atoms with Gasteiger partial charge in [0.25, 0.3) is 5.91 Å². The van der Waals surface area contributed by atoms with Crippen LogP contribution < -0.4 is 9.47 Å². The molecule has 0 saturated carbocycles. The summed E-state index contributed by atoms with van der Waals surface area (Å²) >= 11 is 0. The predicted molar refractivity (Wildman–Crippen MR) is 86.9 cm³/mol. The van der Waals surface area contributed by atoms with Gasteiger partial charge in [-0.1, -0.05) is 6.92 Å². The molecule has 4 aliphatic rings. The minimum absolute atomic E-state index is 0.124. The Balaban J connectivity index is 1.49. The van der Waals surface area contributed by atoms with E-state index in [0.717, 1.165) is 31.7 Å². The van der Waals surface area contributed by atoms with E-state index >= 15 is 0 Å². The average molecular weight is 316 g/mol. The van der Waals surface area contributed by atoms with Gasteiger partial charge in [-0.15, -0.1) is 0 Å². The first-order chi connectivity index (χ1) is 11.0. The third-order valence-electron chi connectivity index (χ3n) is 5.77. The molecule has 0 aromatic heterocycles. The lowest BCUT2D eigenvalue weighted by molar-refractivity contribution is -0.0780. The molecule has 3 saturated heterocycles. The first-order valence-electron chi connectivity index (χ1n) is 8.47. The molecule has 0 spiro atoms. The first-order valence-corrected chi connectivity index (χ1v) is 8.47. The Morgan fingerprint density at radius 1 is 1.22 bits per heavy atom. The van der Waals surface area contributed by atoms with E-state index in [4.69, 9.17) is 9.47 Å². The summed E-state index contributed by atoms with van der Waals surface area (Å²) in [7, 11) is 0. The standard InChI is InChI=1S/C18H24N2O3/c1-4-18(2,3)19-9-13-8-14(10-19)20(13)17(21)12-5-6-15-16(7-12)23-11-22-15/h5-7,13-14H,4,8-11H2,1-3H3. The number of hydrogen-bond donors (Lipinski definition) is 0. The van der Waals surface area contributed by atoms with Crippen molar-refractivity contribution in [3.63, 3.8) is 0 Å². The fourth-order valence-electron chi connectivity index (χ4n) is 3.84. The largest absolute Gasteiger partial charge is 0.454 e. The number of ether oxygens (including phenoxy) is 2. The van der Waals surface area contributed by atoms with Crippen molar-refractivity contribution in [3.8, 4) is 11.5 Å². The van der Waals surface area contributed by atoms with Crippen molar-refractivity contribution < 1.29 is 14.3 Å². The van der Waals surface area contributed by atoms with Crippen molar-refractivity contribution >= 4 is 5.91 Å². The SMILES string of the molecule is CCC(C)(C)N1CC2CC(C1)N2C(=O)c1ccc2c(c1)OCO2. The number of hydrogen-bond acceptors (Lipinski definition) is 4. The number of fused-ring (bicyclic) bond motifs is 3. The second kappa shape index (κ2) is 5.13. The highest BCUT2D eigenvalue weighted by molar-refractivity contribution is 5.96. The Morgan fingerprint density at radius 3 is 2.61 bits per heavy atom. The summed E-state index contributed by atoms with van der Waals surface area (Å²) in [6.07, 6.45) is 2.26. The van der Waals surface area contributed by atoms with Crippen molar-refractivity contribution in [2.24, 2.45) is 0 Å². The normalized spacial score (nSPS) is 26.1. The first kappa shape index (κ1) is 14.8. The quantitative estimate of drug-likeness (QED) is 0.859. The Kier molecular flexibility index (Phi) is 3.30. The van der Waals surface area contributed by atoms with E-state index in [0.29, 0.717) is 23.4 Å². The van der Waals surface area contributed by atoms with Crippen LogP contribution in [-0.2, 0) is 0 Å². The summed E-state index contributed by atoms with van der Waals surface area (Å²) in [5.74, 6) is 1.52. The Hall–Kier alpha value is -1.75. The highest BCUT2D eigenvalue weighted by Gasteiger charge is 2.49. The van der Waals surface area contributed by atoms with Gasteiger partial charge in [0.2, 0.25) is 6.79 Å². The van der Waals surface area contributed by atoms with Crippen LogP contribution in [0.25, 0.3) is 0 Å². The van der Waals surface area contributed by atoms with Crippen LogP contribution in [0.5, 0.6) is 11.5 Å². The van der Waals surface area contributed by atoms with Crippen LogP contribution in [-0.4, -0.2) is 53.2 Å². The van der Waals surface area contributed by atoms with Crippen molar-refractivity contribution in [1.82, 2.24) is 9.80 Å².